The number of hydrogen-bond acceptors (Lipinski definition) is 3. The lowest BCUT2D eigenvalue weighted by Crippen LogP contribution is -2.28. The number of hydrogen-bond donors (Lipinski definition) is 1. The van der Waals surface area contributed by atoms with Crippen LogP contribution in [0.15, 0.2) is 22.7 Å². The van der Waals surface area contributed by atoms with Gasteiger partial charge in [-0.25, -0.2) is 0 Å². The molecular formula is C16H23BrN2O. The monoisotopic (exact) mass is 338 g/mol. The summed E-state index contributed by atoms with van der Waals surface area (Å²) in [6.45, 7) is 2.86. The predicted molar refractivity (Wildman–Crippen MR) is 86.2 cm³/mol. The number of nitrogens with one attached hydrogen (secondary N) is 1. The maximum absolute atomic E-state index is 5.71. The molecule has 0 bridgehead atoms. The molecule has 2 aliphatic rings. The third-order valence-electron chi connectivity index (χ3n) is 4.10. The highest BCUT2D eigenvalue weighted by atomic mass is 79.9. The molecule has 3 rings (SSSR count). The van der Waals surface area contributed by atoms with E-state index >= 15 is 0 Å². The van der Waals surface area contributed by atoms with Crippen molar-refractivity contribution in [3.05, 3.63) is 28.2 Å². The van der Waals surface area contributed by atoms with Crippen molar-refractivity contribution in [3.8, 4) is 0 Å². The zero-order valence-electron chi connectivity index (χ0n) is 12.1. The first-order valence-corrected chi connectivity index (χ1v) is 8.36. The van der Waals surface area contributed by atoms with Crippen LogP contribution in [0, 0.1) is 0 Å². The lowest BCUT2D eigenvalue weighted by molar-refractivity contribution is 0.116. The number of anilines is 1. The Morgan fingerprint density at radius 1 is 1.35 bits per heavy atom. The lowest BCUT2D eigenvalue weighted by atomic mass is 10.1. The molecule has 1 heterocycles. The summed E-state index contributed by atoms with van der Waals surface area (Å²) in [6, 6.07) is 7.43. The van der Waals surface area contributed by atoms with Crippen molar-refractivity contribution in [1.82, 2.24) is 5.32 Å². The summed E-state index contributed by atoms with van der Waals surface area (Å²) >= 11 is 3.71. The van der Waals surface area contributed by atoms with Gasteiger partial charge in [-0.2, -0.15) is 0 Å². The molecule has 20 heavy (non-hydrogen) atoms. The zero-order valence-corrected chi connectivity index (χ0v) is 13.7. The van der Waals surface area contributed by atoms with Crippen LogP contribution in [-0.2, 0) is 11.3 Å². The van der Waals surface area contributed by atoms with E-state index in [4.69, 9.17) is 4.74 Å². The molecule has 1 aliphatic heterocycles. The van der Waals surface area contributed by atoms with Gasteiger partial charge in [0.1, 0.15) is 0 Å². The predicted octanol–water partition coefficient (Wildman–Crippen LogP) is 3.32. The van der Waals surface area contributed by atoms with Crippen LogP contribution in [-0.4, -0.2) is 32.3 Å². The highest BCUT2D eigenvalue weighted by Crippen LogP contribution is 2.28. The third-order valence-corrected chi connectivity index (χ3v) is 4.73. The SMILES string of the molecule is CN(CC1CCCO1)c1ccc(CNC2CC2)cc1Br. The first kappa shape index (κ1) is 14.4. The summed E-state index contributed by atoms with van der Waals surface area (Å²) in [7, 11) is 2.14. The minimum absolute atomic E-state index is 0.392. The van der Waals surface area contributed by atoms with Crippen molar-refractivity contribution >= 4 is 21.6 Å². The standard InChI is InChI=1S/C16H23BrN2O/c1-19(11-14-3-2-8-20-14)16-7-4-12(9-15(16)17)10-18-13-5-6-13/h4,7,9,13-14,18H,2-3,5-6,8,10-11H2,1H3. The number of rotatable bonds is 6. The second-order valence-electron chi connectivity index (χ2n) is 5.96. The molecule has 1 aliphatic carbocycles. The molecule has 0 aromatic heterocycles. The third kappa shape index (κ3) is 3.74. The Hall–Kier alpha value is -0.580. The molecule has 110 valence electrons. The second kappa shape index (κ2) is 6.46. The van der Waals surface area contributed by atoms with Crippen LogP contribution in [0.1, 0.15) is 31.2 Å². The molecule has 3 nitrogen and oxygen atoms in total. The van der Waals surface area contributed by atoms with Crippen molar-refractivity contribution in [2.24, 2.45) is 0 Å². The van der Waals surface area contributed by atoms with Gasteiger partial charge in [0.25, 0.3) is 0 Å². The molecule has 0 spiro atoms. The number of nitrogens with zero attached hydrogens (tertiary/aromatic N) is 1. The van der Waals surface area contributed by atoms with Gasteiger partial charge in [-0.15, -0.1) is 0 Å². The van der Waals surface area contributed by atoms with Crippen LogP contribution in [0.25, 0.3) is 0 Å². The van der Waals surface area contributed by atoms with Gasteiger partial charge in [0.15, 0.2) is 0 Å². The quantitative estimate of drug-likeness (QED) is 0.861. The molecule has 1 aromatic carbocycles. The maximum atomic E-state index is 5.71. The van der Waals surface area contributed by atoms with Gasteiger partial charge in [0.05, 0.1) is 11.8 Å². The zero-order chi connectivity index (χ0) is 13.9. The largest absolute Gasteiger partial charge is 0.376 e. The first-order valence-electron chi connectivity index (χ1n) is 7.57. The molecule has 1 unspecified atom stereocenters. The van der Waals surface area contributed by atoms with Crippen LogP contribution in [0.4, 0.5) is 5.69 Å². The fourth-order valence-electron chi connectivity index (χ4n) is 2.71. The maximum Gasteiger partial charge on any atom is 0.0750 e. The minimum atomic E-state index is 0.392. The van der Waals surface area contributed by atoms with Gasteiger partial charge >= 0.3 is 0 Å². The highest BCUT2D eigenvalue weighted by molar-refractivity contribution is 9.10. The van der Waals surface area contributed by atoms with E-state index in [9.17, 15) is 0 Å². The van der Waals surface area contributed by atoms with Gasteiger partial charge in [-0.3, -0.25) is 0 Å². The Bertz CT molecular complexity index is 456. The van der Waals surface area contributed by atoms with Gasteiger partial charge in [-0.1, -0.05) is 6.07 Å². The number of likely N-dealkylation sites (N-methyl/N-ethyl adjacent to an activating group) is 1. The van der Waals surface area contributed by atoms with E-state index in [0.717, 1.165) is 25.7 Å². The van der Waals surface area contributed by atoms with E-state index in [0.29, 0.717) is 6.10 Å². The van der Waals surface area contributed by atoms with Gasteiger partial charge < -0.3 is 15.0 Å². The molecule has 0 radical (unpaired) electrons. The van der Waals surface area contributed by atoms with Crippen molar-refractivity contribution in [2.45, 2.75) is 44.4 Å². The van der Waals surface area contributed by atoms with Gasteiger partial charge in [0.2, 0.25) is 0 Å². The molecular weight excluding hydrogens is 316 g/mol. The Kier molecular flexibility index (Phi) is 4.64. The Balaban J connectivity index is 1.59. The summed E-state index contributed by atoms with van der Waals surface area (Å²) in [5, 5.41) is 3.55. The molecule has 1 saturated heterocycles. The van der Waals surface area contributed by atoms with E-state index in [-0.39, 0.29) is 0 Å². The van der Waals surface area contributed by atoms with E-state index < -0.39 is 0 Å². The molecule has 4 heteroatoms. The topological polar surface area (TPSA) is 24.5 Å². The summed E-state index contributed by atoms with van der Waals surface area (Å²) in [6.07, 6.45) is 5.45. The van der Waals surface area contributed by atoms with Crippen LogP contribution < -0.4 is 10.2 Å². The molecule has 1 aromatic rings. The second-order valence-corrected chi connectivity index (χ2v) is 6.81. The Morgan fingerprint density at radius 2 is 2.20 bits per heavy atom. The minimum Gasteiger partial charge on any atom is -0.376 e. The van der Waals surface area contributed by atoms with Gasteiger partial charge in [-0.05, 0) is 59.3 Å². The molecule has 1 saturated carbocycles. The van der Waals surface area contributed by atoms with Crippen LogP contribution in [0.2, 0.25) is 0 Å². The van der Waals surface area contributed by atoms with Crippen LogP contribution in [0.3, 0.4) is 0 Å². The van der Waals surface area contributed by atoms with Crippen LogP contribution in [0.5, 0.6) is 0 Å². The molecule has 1 atom stereocenters. The molecule has 1 N–H and O–H groups in total. The number of ether oxygens (including phenoxy) is 1. The normalized spacial score (nSPS) is 22.2. The van der Waals surface area contributed by atoms with Crippen molar-refractivity contribution in [1.29, 1.82) is 0 Å². The van der Waals surface area contributed by atoms with E-state index in [1.807, 2.05) is 0 Å². The Morgan fingerprint density at radius 3 is 2.85 bits per heavy atom. The fourth-order valence-corrected chi connectivity index (χ4v) is 3.44. The number of halogens is 1. The van der Waals surface area contributed by atoms with Crippen molar-refractivity contribution in [2.75, 3.05) is 25.1 Å². The summed E-state index contributed by atoms with van der Waals surface area (Å²) < 4.78 is 6.89. The lowest BCUT2D eigenvalue weighted by Gasteiger charge is -2.24. The Labute approximate surface area is 129 Å². The van der Waals surface area contributed by atoms with Gasteiger partial charge in [0, 0.05) is 37.3 Å². The van der Waals surface area contributed by atoms with E-state index in [1.165, 1.54) is 41.4 Å². The molecule has 2 fully saturated rings. The van der Waals surface area contributed by atoms with Crippen molar-refractivity contribution in [3.63, 3.8) is 0 Å². The van der Waals surface area contributed by atoms with Crippen LogP contribution >= 0.6 is 15.9 Å². The van der Waals surface area contributed by atoms with E-state index in [1.54, 1.807) is 0 Å². The average molecular weight is 339 g/mol. The number of benzene rings is 1. The molecule has 0 amide bonds. The smallest absolute Gasteiger partial charge is 0.0750 e. The average Bonchev–Trinajstić information content (AvgIpc) is 3.13. The van der Waals surface area contributed by atoms with E-state index in [2.05, 4.69) is 51.4 Å². The fraction of sp³-hybridized carbons (Fsp3) is 0.625. The first-order chi connectivity index (χ1) is 9.72. The summed E-state index contributed by atoms with van der Waals surface area (Å²) in [4.78, 5) is 2.29. The summed E-state index contributed by atoms with van der Waals surface area (Å²) in [5.74, 6) is 0. The van der Waals surface area contributed by atoms with Crippen molar-refractivity contribution < 1.29 is 4.74 Å². The highest BCUT2D eigenvalue weighted by Gasteiger charge is 2.21. The summed E-state index contributed by atoms with van der Waals surface area (Å²) in [5.41, 5.74) is 2.59.